The summed E-state index contributed by atoms with van der Waals surface area (Å²) in [6.45, 7) is 1.31. The first-order valence-corrected chi connectivity index (χ1v) is 5.70. The molecule has 0 heterocycles. The summed E-state index contributed by atoms with van der Waals surface area (Å²) < 4.78 is 38.6. The van der Waals surface area contributed by atoms with Gasteiger partial charge in [0.1, 0.15) is 6.07 Å². The second-order valence-corrected chi connectivity index (χ2v) is 3.95. The van der Waals surface area contributed by atoms with E-state index in [0.29, 0.717) is 0 Å². The van der Waals surface area contributed by atoms with E-state index in [2.05, 4.69) is 9.99 Å². The molecule has 0 aliphatic heterocycles. The highest BCUT2D eigenvalue weighted by molar-refractivity contribution is 6.31. The van der Waals surface area contributed by atoms with Gasteiger partial charge in [-0.05, 0) is 24.6 Å². The Morgan fingerprint density at radius 2 is 2.16 bits per heavy atom. The largest absolute Gasteiger partial charge is 0.417 e. The van der Waals surface area contributed by atoms with Gasteiger partial charge in [0.05, 0.1) is 11.3 Å². The highest BCUT2D eigenvalue weighted by Gasteiger charge is 2.34. The fourth-order valence-corrected chi connectivity index (χ4v) is 1.62. The highest BCUT2D eigenvalue weighted by Crippen LogP contribution is 2.34. The smallest absolute Gasteiger partial charge is 0.380 e. The Kier molecular flexibility index (Phi) is 5.19. The molecular formula is C12H10ClF3N2O. The van der Waals surface area contributed by atoms with Crippen molar-refractivity contribution >= 4 is 17.3 Å². The summed E-state index contributed by atoms with van der Waals surface area (Å²) in [5.41, 5.74) is -0.886. The topological polar surface area (TPSA) is 45.4 Å². The van der Waals surface area contributed by atoms with Gasteiger partial charge in [-0.3, -0.25) is 0 Å². The first-order valence-electron chi connectivity index (χ1n) is 5.33. The zero-order chi connectivity index (χ0) is 14.5. The van der Waals surface area contributed by atoms with Gasteiger partial charge >= 0.3 is 6.18 Å². The van der Waals surface area contributed by atoms with E-state index in [4.69, 9.17) is 16.9 Å². The van der Waals surface area contributed by atoms with Crippen LogP contribution in [0.4, 0.5) is 13.2 Å². The predicted molar refractivity (Wildman–Crippen MR) is 64.8 cm³/mol. The van der Waals surface area contributed by atoms with Crippen molar-refractivity contribution in [2.24, 2.45) is 5.16 Å². The molecule has 0 fully saturated rings. The molecule has 0 bridgehead atoms. The van der Waals surface area contributed by atoms with Gasteiger partial charge in [0.15, 0.2) is 0 Å². The van der Waals surface area contributed by atoms with Crippen LogP contribution < -0.4 is 0 Å². The SMILES string of the molecule is CC/C(=N\OCC#N)c1cc(Cl)ccc1C(F)(F)F. The van der Waals surface area contributed by atoms with Crippen LogP contribution in [-0.2, 0) is 11.0 Å². The fraction of sp³-hybridized carbons (Fsp3) is 0.333. The number of halogens is 4. The highest BCUT2D eigenvalue weighted by atomic mass is 35.5. The number of alkyl halides is 3. The van der Waals surface area contributed by atoms with Crippen LogP contribution in [0.15, 0.2) is 23.4 Å². The standard InChI is InChI=1S/C12H10ClF3N2O/c1-2-11(18-19-6-5-17)9-7-8(13)3-4-10(9)12(14,15)16/h3-4,7H,2,6H2,1H3/b18-11+. The van der Waals surface area contributed by atoms with Gasteiger partial charge in [0.2, 0.25) is 6.61 Å². The molecule has 0 saturated carbocycles. The molecule has 0 radical (unpaired) electrons. The lowest BCUT2D eigenvalue weighted by Gasteiger charge is -2.13. The van der Waals surface area contributed by atoms with Crippen LogP contribution in [0, 0.1) is 11.3 Å². The number of nitrogens with zero attached hydrogens (tertiary/aromatic N) is 2. The van der Waals surface area contributed by atoms with Gasteiger partial charge in [-0.15, -0.1) is 0 Å². The van der Waals surface area contributed by atoms with Crippen molar-refractivity contribution in [3.05, 3.63) is 34.3 Å². The Hall–Kier alpha value is -1.74. The molecule has 0 saturated heterocycles. The van der Waals surface area contributed by atoms with Crippen LogP contribution in [-0.4, -0.2) is 12.3 Å². The van der Waals surface area contributed by atoms with E-state index in [1.54, 1.807) is 13.0 Å². The van der Waals surface area contributed by atoms with Gasteiger partial charge in [-0.1, -0.05) is 23.7 Å². The number of hydrogen-bond acceptors (Lipinski definition) is 3. The molecule has 0 atom stereocenters. The maximum atomic E-state index is 12.9. The molecule has 0 spiro atoms. The fourth-order valence-electron chi connectivity index (χ4n) is 1.45. The molecule has 0 aromatic heterocycles. The van der Waals surface area contributed by atoms with Crippen LogP contribution in [0.3, 0.4) is 0 Å². The van der Waals surface area contributed by atoms with Gasteiger partial charge in [-0.2, -0.15) is 18.4 Å². The Morgan fingerprint density at radius 3 is 2.68 bits per heavy atom. The van der Waals surface area contributed by atoms with Crippen molar-refractivity contribution < 1.29 is 18.0 Å². The van der Waals surface area contributed by atoms with Crippen molar-refractivity contribution in [1.82, 2.24) is 0 Å². The summed E-state index contributed by atoms with van der Waals surface area (Å²) >= 11 is 5.71. The lowest BCUT2D eigenvalue weighted by molar-refractivity contribution is -0.137. The van der Waals surface area contributed by atoms with E-state index >= 15 is 0 Å². The van der Waals surface area contributed by atoms with E-state index in [9.17, 15) is 13.2 Å². The van der Waals surface area contributed by atoms with Crippen molar-refractivity contribution in [1.29, 1.82) is 5.26 Å². The summed E-state index contributed by atoms with van der Waals surface area (Å²) in [5, 5.41) is 12.0. The minimum atomic E-state index is -4.51. The second-order valence-electron chi connectivity index (χ2n) is 3.51. The summed E-state index contributed by atoms with van der Waals surface area (Å²) in [6.07, 6.45) is -4.29. The van der Waals surface area contributed by atoms with E-state index in [-0.39, 0.29) is 29.3 Å². The maximum absolute atomic E-state index is 12.9. The Labute approximate surface area is 113 Å². The van der Waals surface area contributed by atoms with Crippen LogP contribution in [0.1, 0.15) is 24.5 Å². The van der Waals surface area contributed by atoms with E-state index in [0.717, 1.165) is 12.1 Å². The van der Waals surface area contributed by atoms with Crippen molar-refractivity contribution in [2.75, 3.05) is 6.61 Å². The van der Waals surface area contributed by atoms with E-state index < -0.39 is 11.7 Å². The quantitative estimate of drug-likeness (QED) is 0.478. The van der Waals surface area contributed by atoms with Crippen LogP contribution >= 0.6 is 11.6 Å². The van der Waals surface area contributed by atoms with E-state index in [1.165, 1.54) is 6.07 Å². The summed E-state index contributed by atoms with van der Waals surface area (Å²) in [6, 6.07) is 4.92. The number of nitriles is 1. The van der Waals surface area contributed by atoms with Gasteiger partial charge in [0, 0.05) is 10.6 Å². The van der Waals surface area contributed by atoms with Crippen molar-refractivity contribution in [2.45, 2.75) is 19.5 Å². The summed E-state index contributed by atoms with van der Waals surface area (Å²) in [4.78, 5) is 4.61. The molecule has 0 unspecified atom stereocenters. The molecule has 19 heavy (non-hydrogen) atoms. The first kappa shape index (κ1) is 15.3. The molecule has 0 aliphatic carbocycles. The van der Waals surface area contributed by atoms with Gasteiger partial charge < -0.3 is 4.84 Å². The minimum absolute atomic E-state index is 0.0880. The lowest BCUT2D eigenvalue weighted by Crippen LogP contribution is -2.13. The molecular weight excluding hydrogens is 281 g/mol. The van der Waals surface area contributed by atoms with Crippen molar-refractivity contribution in [3.8, 4) is 6.07 Å². The Bertz CT molecular complexity index is 521. The van der Waals surface area contributed by atoms with Gasteiger partial charge in [0.25, 0.3) is 0 Å². The number of rotatable bonds is 4. The molecule has 1 aromatic carbocycles. The van der Waals surface area contributed by atoms with E-state index in [1.807, 2.05) is 0 Å². The monoisotopic (exact) mass is 290 g/mol. The average Bonchev–Trinajstić information content (AvgIpc) is 2.33. The van der Waals surface area contributed by atoms with Crippen LogP contribution in [0.2, 0.25) is 5.02 Å². The van der Waals surface area contributed by atoms with Crippen molar-refractivity contribution in [3.63, 3.8) is 0 Å². The molecule has 7 heteroatoms. The third-order valence-corrected chi connectivity index (χ3v) is 2.47. The maximum Gasteiger partial charge on any atom is 0.417 e. The zero-order valence-electron chi connectivity index (χ0n) is 9.96. The zero-order valence-corrected chi connectivity index (χ0v) is 10.7. The summed E-state index contributed by atoms with van der Waals surface area (Å²) in [7, 11) is 0. The minimum Gasteiger partial charge on any atom is -0.380 e. The third kappa shape index (κ3) is 4.14. The van der Waals surface area contributed by atoms with Gasteiger partial charge in [-0.25, -0.2) is 0 Å². The number of hydrogen-bond donors (Lipinski definition) is 0. The molecule has 102 valence electrons. The number of oxime groups is 1. The second kappa shape index (κ2) is 6.43. The Balaban J connectivity index is 3.26. The third-order valence-electron chi connectivity index (χ3n) is 2.24. The molecule has 3 nitrogen and oxygen atoms in total. The average molecular weight is 291 g/mol. The molecule has 1 aromatic rings. The first-order chi connectivity index (χ1) is 8.90. The molecule has 0 amide bonds. The molecule has 1 rings (SSSR count). The molecule has 0 N–H and O–H groups in total. The Morgan fingerprint density at radius 1 is 1.47 bits per heavy atom. The summed E-state index contributed by atoms with van der Waals surface area (Å²) in [5.74, 6) is 0. The van der Waals surface area contributed by atoms with Crippen LogP contribution in [0.5, 0.6) is 0 Å². The predicted octanol–water partition coefficient (Wildman–Crippen LogP) is 4.01. The normalized spacial score (nSPS) is 12.1. The lowest BCUT2D eigenvalue weighted by atomic mass is 10.0. The number of benzene rings is 1. The molecule has 0 aliphatic rings. The van der Waals surface area contributed by atoms with Crippen LogP contribution in [0.25, 0.3) is 0 Å².